The van der Waals surface area contributed by atoms with E-state index in [9.17, 15) is 19.1 Å². The van der Waals surface area contributed by atoms with Crippen molar-refractivity contribution >= 4 is 11.9 Å². The van der Waals surface area contributed by atoms with Gasteiger partial charge in [0, 0.05) is 12.5 Å². The van der Waals surface area contributed by atoms with Crippen molar-refractivity contribution in [3.05, 3.63) is 71.5 Å². The van der Waals surface area contributed by atoms with E-state index in [2.05, 4.69) is 22.3 Å². The van der Waals surface area contributed by atoms with Crippen LogP contribution in [0.1, 0.15) is 30.9 Å². The second kappa shape index (κ2) is 8.52. The molecule has 0 radical (unpaired) electrons. The first kappa shape index (κ1) is 20.0. The maximum atomic E-state index is 13.2. The Morgan fingerprint density at radius 3 is 2.29 bits per heavy atom. The zero-order chi connectivity index (χ0) is 20.1. The molecular weight excluding hydrogens is 359 g/mol. The number of aliphatic carboxylic acids is 1. The average molecular weight is 384 g/mol. The van der Waals surface area contributed by atoms with Gasteiger partial charge in [-0.3, -0.25) is 9.69 Å². The molecule has 28 heavy (non-hydrogen) atoms. The zero-order valence-electron chi connectivity index (χ0n) is 15.9. The normalized spacial score (nSPS) is 17.6. The smallest absolute Gasteiger partial charge is 0.333 e. The van der Waals surface area contributed by atoms with Gasteiger partial charge in [-0.2, -0.15) is 0 Å². The van der Waals surface area contributed by atoms with Crippen LogP contribution in [-0.2, 0) is 21.7 Å². The van der Waals surface area contributed by atoms with E-state index in [1.807, 2.05) is 18.2 Å². The molecule has 148 valence electrons. The molecule has 1 aliphatic rings. The number of benzene rings is 2. The summed E-state index contributed by atoms with van der Waals surface area (Å²) >= 11 is 0. The zero-order valence-corrected chi connectivity index (χ0v) is 15.9. The molecule has 1 aliphatic heterocycles. The highest BCUT2D eigenvalue weighted by Gasteiger charge is 2.39. The van der Waals surface area contributed by atoms with E-state index in [0.717, 1.165) is 19.6 Å². The molecule has 1 heterocycles. The first-order chi connectivity index (χ1) is 13.4. The summed E-state index contributed by atoms with van der Waals surface area (Å²) in [6.07, 6.45) is 1.36. The SMILES string of the molecule is CC(NC(=O)C1CCN(Cc2ccccc2)CC1)(C(=O)O)c1ccc(F)cc1. The topological polar surface area (TPSA) is 69.6 Å². The van der Waals surface area contributed by atoms with Crippen molar-refractivity contribution in [3.63, 3.8) is 0 Å². The molecule has 0 spiro atoms. The van der Waals surface area contributed by atoms with Gasteiger partial charge in [-0.25, -0.2) is 9.18 Å². The van der Waals surface area contributed by atoms with Gasteiger partial charge in [-0.05, 0) is 56.1 Å². The number of amides is 1. The molecule has 1 amide bonds. The number of rotatable bonds is 6. The van der Waals surface area contributed by atoms with Crippen molar-refractivity contribution in [2.24, 2.45) is 5.92 Å². The Balaban J connectivity index is 1.61. The molecule has 1 unspecified atom stereocenters. The summed E-state index contributed by atoms with van der Waals surface area (Å²) < 4.78 is 13.2. The van der Waals surface area contributed by atoms with Crippen LogP contribution in [0, 0.1) is 11.7 Å². The van der Waals surface area contributed by atoms with Crippen LogP contribution in [0.4, 0.5) is 4.39 Å². The Labute approximate surface area is 164 Å². The lowest BCUT2D eigenvalue weighted by atomic mass is 9.89. The standard InChI is InChI=1S/C22H25FN2O3/c1-22(21(27)28,18-7-9-19(23)10-8-18)24-20(26)17-11-13-25(14-12-17)15-16-5-3-2-4-6-16/h2-10,17H,11-15H2,1H3,(H,24,26)(H,27,28). The Morgan fingerprint density at radius 1 is 1.11 bits per heavy atom. The van der Waals surface area contributed by atoms with E-state index in [-0.39, 0.29) is 11.8 Å². The van der Waals surface area contributed by atoms with Gasteiger partial charge in [-0.15, -0.1) is 0 Å². The van der Waals surface area contributed by atoms with Gasteiger partial charge in [0.2, 0.25) is 5.91 Å². The number of nitrogens with one attached hydrogen (secondary N) is 1. The van der Waals surface area contributed by atoms with Gasteiger partial charge in [0.15, 0.2) is 5.54 Å². The van der Waals surface area contributed by atoms with Crippen molar-refractivity contribution in [3.8, 4) is 0 Å². The van der Waals surface area contributed by atoms with Crippen molar-refractivity contribution in [2.45, 2.75) is 31.8 Å². The van der Waals surface area contributed by atoms with E-state index in [1.54, 1.807) is 0 Å². The fraction of sp³-hybridized carbons (Fsp3) is 0.364. The Kier molecular flexibility index (Phi) is 6.09. The van der Waals surface area contributed by atoms with Crippen LogP contribution < -0.4 is 5.32 Å². The molecule has 0 aliphatic carbocycles. The summed E-state index contributed by atoms with van der Waals surface area (Å²) in [6, 6.07) is 15.4. The van der Waals surface area contributed by atoms with E-state index < -0.39 is 17.3 Å². The van der Waals surface area contributed by atoms with E-state index >= 15 is 0 Å². The molecule has 2 aromatic carbocycles. The Morgan fingerprint density at radius 2 is 1.71 bits per heavy atom. The minimum Gasteiger partial charge on any atom is -0.479 e. The molecule has 2 N–H and O–H groups in total. The summed E-state index contributed by atoms with van der Waals surface area (Å²) in [5, 5.41) is 12.4. The molecular formula is C22H25FN2O3. The van der Waals surface area contributed by atoms with Crippen molar-refractivity contribution in [1.29, 1.82) is 0 Å². The summed E-state index contributed by atoms with van der Waals surface area (Å²) in [5.41, 5.74) is -0.0113. The maximum Gasteiger partial charge on any atom is 0.333 e. The molecule has 3 rings (SSSR count). The number of piperidine rings is 1. The number of hydrogen-bond donors (Lipinski definition) is 2. The summed E-state index contributed by atoms with van der Waals surface area (Å²) in [4.78, 5) is 26.9. The molecule has 1 fully saturated rings. The van der Waals surface area contributed by atoms with Crippen LogP contribution in [0.5, 0.6) is 0 Å². The van der Waals surface area contributed by atoms with Gasteiger partial charge in [0.05, 0.1) is 0 Å². The fourth-order valence-corrected chi connectivity index (χ4v) is 3.58. The molecule has 0 saturated carbocycles. The molecule has 6 heteroatoms. The van der Waals surface area contributed by atoms with Crippen LogP contribution >= 0.6 is 0 Å². The summed E-state index contributed by atoms with van der Waals surface area (Å²) in [6.45, 7) is 3.85. The molecule has 1 saturated heterocycles. The number of hydrogen-bond acceptors (Lipinski definition) is 3. The van der Waals surface area contributed by atoms with Crippen LogP contribution in [0.2, 0.25) is 0 Å². The first-order valence-corrected chi connectivity index (χ1v) is 9.46. The summed E-state index contributed by atoms with van der Waals surface area (Å²) in [5.74, 6) is -2.12. The van der Waals surface area contributed by atoms with Crippen molar-refractivity contribution < 1.29 is 19.1 Å². The lowest BCUT2D eigenvalue weighted by Gasteiger charge is -2.34. The molecule has 2 aromatic rings. The van der Waals surface area contributed by atoms with Gasteiger partial charge in [0.25, 0.3) is 0 Å². The average Bonchev–Trinajstić information content (AvgIpc) is 2.69. The summed E-state index contributed by atoms with van der Waals surface area (Å²) in [7, 11) is 0. The third kappa shape index (κ3) is 4.57. The van der Waals surface area contributed by atoms with E-state index in [0.29, 0.717) is 18.4 Å². The second-order valence-electron chi connectivity index (χ2n) is 7.46. The third-order valence-electron chi connectivity index (χ3n) is 5.43. The monoisotopic (exact) mass is 384 g/mol. The third-order valence-corrected chi connectivity index (χ3v) is 5.43. The number of carboxylic acid groups (broad SMARTS) is 1. The van der Waals surface area contributed by atoms with Gasteiger partial charge < -0.3 is 10.4 Å². The van der Waals surface area contributed by atoms with Gasteiger partial charge >= 0.3 is 5.97 Å². The minimum atomic E-state index is -1.59. The largest absolute Gasteiger partial charge is 0.479 e. The Bertz CT molecular complexity index is 817. The second-order valence-corrected chi connectivity index (χ2v) is 7.46. The first-order valence-electron chi connectivity index (χ1n) is 9.46. The quantitative estimate of drug-likeness (QED) is 0.803. The van der Waals surface area contributed by atoms with Crippen LogP contribution in [-0.4, -0.2) is 35.0 Å². The van der Waals surface area contributed by atoms with E-state index in [1.165, 1.54) is 36.8 Å². The minimum absolute atomic E-state index is 0.230. The van der Waals surface area contributed by atoms with E-state index in [4.69, 9.17) is 0 Å². The highest BCUT2D eigenvalue weighted by atomic mass is 19.1. The number of carboxylic acids is 1. The van der Waals surface area contributed by atoms with Crippen LogP contribution in [0.15, 0.2) is 54.6 Å². The lowest BCUT2D eigenvalue weighted by molar-refractivity contribution is -0.148. The van der Waals surface area contributed by atoms with Crippen molar-refractivity contribution in [2.75, 3.05) is 13.1 Å². The van der Waals surface area contributed by atoms with Crippen LogP contribution in [0.3, 0.4) is 0 Å². The number of likely N-dealkylation sites (tertiary alicyclic amines) is 1. The maximum absolute atomic E-state index is 13.2. The predicted molar refractivity (Wildman–Crippen MR) is 104 cm³/mol. The number of carbonyl (C=O) groups is 2. The van der Waals surface area contributed by atoms with Crippen LogP contribution in [0.25, 0.3) is 0 Å². The molecule has 1 atom stereocenters. The fourth-order valence-electron chi connectivity index (χ4n) is 3.58. The highest BCUT2D eigenvalue weighted by molar-refractivity contribution is 5.88. The van der Waals surface area contributed by atoms with Crippen molar-refractivity contribution in [1.82, 2.24) is 10.2 Å². The number of nitrogens with zero attached hydrogens (tertiary/aromatic N) is 1. The predicted octanol–water partition coefficient (Wildman–Crippen LogP) is 3.15. The number of carbonyl (C=O) groups excluding carboxylic acids is 1. The molecule has 0 aromatic heterocycles. The highest BCUT2D eigenvalue weighted by Crippen LogP contribution is 2.25. The molecule has 0 bridgehead atoms. The van der Waals surface area contributed by atoms with Gasteiger partial charge in [-0.1, -0.05) is 42.5 Å². The van der Waals surface area contributed by atoms with Gasteiger partial charge in [0.1, 0.15) is 5.82 Å². The molecule has 5 nitrogen and oxygen atoms in total. The lowest BCUT2D eigenvalue weighted by Crippen LogP contribution is -2.52. The number of halogens is 1. The Hall–Kier alpha value is -2.73.